The number of likely N-dealkylation sites (tertiary alicyclic amines) is 1. The Morgan fingerprint density at radius 1 is 1.38 bits per heavy atom. The molecule has 1 aliphatic heterocycles. The fourth-order valence-electron chi connectivity index (χ4n) is 2.20. The summed E-state index contributed by atoms with van der Waals surface area (Å²) in [6.07, 6.45) is 3.14. The van der Waals surface area contributed by atoms with Crippen molar-refractivity contribution in [3.8, 4) is 6.07 Å². The average Bonchev–Trinajstić information content (AvgIpc) is 2.29. The van der Waals surface area contributed by atoms with E-state index in [2.05, 4.69) is 37.1 Å². The monoisotopic (exact) mass is 223 g/mol. The summed E-state index contributed by atoms with van der Waals surface area (Å²) in [6.45, 7) is 10.8. The first kappa shape index (κ1) is 13.5. The van der Waals surface area contributed by atoms with Crippen LogP contribution in [0.5, 0.6) is 0 Å². The molecule has 1 rings (SSSR count). The smallest absolute Gasteiger partial charge is 0.109 e. The standard InChI is InChI=1S/C13H25N3/c1-4-7-16-8-5-13(11-14,6-9-16)15-10-12(2)3/h12,15H,4-10H2,1-3H3. The third kappa shape index (κ3) is 3.77. The van der Waals surface area contributed by atoms with E-state index >= 15 is 0 Å². The first-order valence-electron chi connectivity index (χ1n) is 6.50. The number of hydrogen-bond acceptors (Lipinski definition) is 3. The van der Waals surface area contributed by atoms with Gasteiger partial charge in [-0.25, -0.2) is 0 Å². The molecule has 16 heavy (non-hydrogen) atoms. The normalized spacial score (nSPS) is 20.9. The summed E-state index contributed by atoms with van der Waals surface area (Å²) >= 11 is 0. The second-order valence-electron chi connectivity index (χ2n) is 5.31. The number of hydrogen-bond donors (Lipinski definition) is 1. The van der Waals surface area contributed by atoms with Crippen LogP contribution in [0, 0.1) is 17.2 Å². The lowest BCUT2D eigenvalue weighted by Crippen LogP contribution is -2.53. The molecule has 92 valence electrons. The van der Waals surface area contributed by atoms with E-state index in [1.807, 2.05) is 0 Å². The van der Waals surface area contributed by atoms with E-state index in [9.17, 15) is 5.26 Å². The summed E-state index contributed by atoms with van der Waals surface area (Å²) in [7, 11) is 0. The minimum absolute atomic E-state index is 0.255. The molecule has 1 N–H and O–H groups in total. The van der Waals surface area contributed by atoms with Crippen LogP contribution in [0.25, 0.3) is 0 Å². The van der Waals surface area contributed by atoms with Gasteiger partial charge in [0.15, 0.2) is 0 Å². The summed E-state index contributed by atoms with van der Waals surface area (Å²) in [5, 5.41) is 12.8. The molecule has 3 nitrogen and oxygen atoms in total. The fraction of sp³-hybridized carbons (Fsp3) is 0.923. The van der Waals surface area contributed by atoms with Crippen LogP contribution in [0.15, 0.2) is 0 Å². The van der Waals surface area contributed by atoms with Gasteiger partial charge in [-0.15, -0.1) is 0 Å². The maximum absolute atomic E-state index is 9.34. The Morgan fingerprint density at radius 2 is 2.00 bits per heavy atom. The lowest BCUT2D eigenvalue weighted by atomic mass is 9.88. The Balaban J connectivity index is 2.42. The van der Waals surface area contributed by atoms with Crippen molar-refractivity contribution < 1.29 is 0 Å². The summed E-state index contributed by atoms with van der Waals surface area (Å²) in [5.74, 6) is 0.610. The van der Waals surface area contributed by atoms with Crippen LogP contribution < -0.4 is 5.32 Å². The Kier molecular flexibility index (Phi) is 5.24. The average molecular weight is 223 g/mol. The maximum Gasteiger partial charge on any atom is 0.109 e. The lowest BCUT2D eigenvalue weighted by molar-refractivity contribution is 0.164. The van der Waals surface area contributed by atoms with Gasteiger partial charge < -0.3 is 4.90 Å². The van der Waals surface area contributed by atoms with Gasteiger partial charge in [-0.05, 0) is 38.3 Å². The van der Waals surface area contributed by atoms with Gasteiger partial charge >= 0.3 is 0 Å². The van der Waals surface area contributed by atoms with Gasteiger partial charge in [0.2, 0.25) is 0 Å². The van der Waals surface area contributed by atoms with Crippen molar-refractivity contribution in [2.45, 2.75) is 45.6 Å². The lowest BCUT2D eigenvalue weighted by Gasteiger charge is -2.38. The number of nitrogens with zero attached hydrogens (tertiary/aromatic N) is 2. The van der Waals surface area contributed by atoms with Crippen LogP contribution in [0.2, 0.25) is 0 Å². The molecular weight excluding hydrogens is 198 g/mol. The first-order chi connectivity index (χ1) is 7.62. The van der Waals surface area contributed by atoms with Crippen LogP contribution in [0.3, 0.4) is 0 Å². The van der Waals surface area contributed by atoms with Crippen molar-refractivity contribution in [1.29, 1.82) is 5.26 Å². The van der Waals surface area contributed by atoms with Gasteiger partial charge in [-0.2, -0.15) is 5.26 Å². The largest absolute Gasteiger partial charge is 0.303 e. The highest BCUT2D eigenvalue weighted by molar-refractivity contribution is 5.09. The molecule has 0 saturated carbocycles. The highest BCUT2D eigenvalue weighted by Crippen LogP contribution is 2.21. The molecule has 3 heteroatoms. The van der Waals surface area contributed by atoms with Crippen LogP contribution >= 0.6 is 0 Å². The van der Waals surface area contributed by atoms with Crippen molar-refractivity contribution in [1.82, 2.24) is 10.2 Å². The predicted octanol–water partition coefficient (Wildman–Crippen LogP) is 2.00. The number of piperidine rings is 1. The Bertz CT molecular complexity index is 234. The molecule has 1 saturated heterocycles. The van der Waals surface area contributed by atoms with Crippen molar-refractivity contribution in [2.75, 3.05) is 26.2 Å². The van der Waals surface area contributed by atoms with E-state index in [0.717, 1.165) is 32.5 Å². The van der Waals surface area contributed by atoms with E-state index < -0.39 is 0 Å². The first-order valence-corrected chi connectivity index (χ1v) is 6.50. The molecule has 0 radical (unpaired) electrons. The highest BCUT2D eigenvalue weighted by atomic mass is 15.1. The zero-order chi connectivity index (χ0) is 12.0. The third-order valence-electron chi connectivity index (χ3n) is 3.31. The maximum atomic E-state index is 9.34. The molecule has 0 amide bonds. The van der Waals surface area contributed by atoms with Crippen LogP contribution in [-0.4, -0.2) is 36.6 Å². The SMILES string of the molecule is CCCN1CCC(C#N)(NCC(C)C)CC1. The number of rotatable bonds is 5. The molecule has 0 aromatic heterocycles. The Labute approximate surface area is 99.8 Å². The molecular formula is C13H25N3. The van der Waals surface area contributed by atoms with Crippen molar-refractivity contribution >= 4 is 0 Å². The predicted molar refractivity (Wildman–Crippen MR) is 67.1 cm³/mol. The van der Waals surface area contributed by atoms with Crippen LogP contribution in [0.1, 0.15) is 40.0 Å². The summed E-state index contributed by atoms with van der Waals surface area (Å²) in [4.78, 5) is 2.46. The molecule has 1 aliphatic rings. The zero-order valence-corrected chi connectivity index (χ0v) is 10.9. The summed E-state index contributed by atoms with van der Waals surface area (Å²) in [6, 6.07) is 2.50. The van der Waals surface area contributed by atoms with Crippen LogP contribution in [-0.2, 0) is 0 Å². The molecule has 0 spiro atoms. The minimum Gasteiger partial charge on any atom is -0.303 e. The van der Waals surface area contributed by atoms with Gasteiger partial charge in [0.05, 0.1) is 6.07 Å². The molecule has 0 atom stereocenters. The fourth-order valence-corrected chi connectivity index (χ4v) is 2.20. The molecule has 0 aromatic rings. The van der Waals surface area contributed by atoms with E-state index in [4.69, 9.17) is 0 Å². The molecule has 1 fully saturated rings. The topological polar surface area (TPSA) is 39.1 Å². The van der Waals surface area contributed by atoms with E-state index in [1.54, 1.807) is 0 Å². The van der Waals surface area contributed by atoms with E-state index in [1.165, 1.54) is 13.0 Å². The molecule has 0 bridgehead atoms. The van der Waals surface area contributed by atoms with Crippen molar-refractivity contribution in [3.05, 3.63) is 0 Å². The van der Waals surface area contributed by atoms with Crippen molar-refractivity contribution in [3.63, 3.8) is 0 Å². The molecule has 0 aliphatic carbocycles. The van der Waals surface area contributed by atoms with Crippen molar-refractivity contribution in [2.24, 2.45) is 5.92 Å². The summed E-state index contributed by atoms with van der Waals surface area (Å²) in [5.41, 5.74) is -0.255. The Hall–Kier alpha value is -0.590. The van der Waals surface area contributed by atoms with E-state index in [0.29, 0.717) is 5.92 Å². The highest BCUT2D eigenvalue weighted by Gasteiger charge is 2.33. The van der Waals surface area contributed by atoms with Gasteiger partial charge in [0.25, 0.3) is 0 Å². The third-order valence-corrected chi connectivity index (χ3v) is 3.31. The number of nitrogens with one attached hydrogen (secondary N) is 1. The summed E-state index contributed by atoms with van der Waals surface area (Å²) < 4.78 is 0. The molecule has 1 heterocycles. The van der Waals surface area contributed by atoms with Gasteiger partial charge in [-0.3, -0.25) is 5.32 Å². The molecule has 0 aromatic carbocycles. The second kappa shape index (κ2) is 6.22. The van der Waals surface area contributed by atoms with Crippen LogP contribution in [0.4, 0.5) is 0 Å². The zero-order valence-electron chi connectivity index (χ0n) is 10.9. The second-order valence-corrected chi connectivity index (χ2v) is 5.31. The van der Waals surface area contributed by atoms with Gasteiger partial charge in [0, 0.05) is 13.1 Å². The minimum atomic E-state index is -0.255. The Morgan fingerprint density at radius 3 is 2.44 bits per heavy atom. The number of nitriles is 1. The quantitative estimate of drug-likeness (QED) is 0.775. The van der Waals surface area contributed by atoms with Gasteiger partial charge in [0.1, 0.15) is 5.54 Å². The molecule has 0 unspecified atom stereocenters. The van der Waals surface area contributed by atoms with E-state index in [-0.39, 0.29) is 5.54 Å². The van der Waals surface area contributed by atoms with Gasteiger partial charge in [-0.1, -0.05) is 20.8 Å².